The third-order valence-electron chi connectivity index (χ3n) is 3.00. The van der Waals surface area contributed by atoms with E-state index in [9.17, 15) is 4.79 Å². The second kappa shape index (κ2) is 7.17. The van der Waals surface area contributed by atoms with Gasteiger partial charge in [0.25, 0.3) is 0 Å². The van der Waals surface area contributed by atoms with Crippen LogP contribution in [0.2, 0.25) is 0 Å². The van der Waals surface area contributed by atoms with Gasteiger partial charge in [-0.3, -0.25) is 0 Å². The number of ether oxygens (including phenoxy) is 1. The van der Waals surface area contributed by atoms with Crippen molar-refractivity contribution in [3.63, 3.8) is 0 Å². The predicted octanol–water partition coefficient (Wildman–Crippen LogP) is 3.20. The van der Waals surface area contributed by atoms with Crippen LogP contribution in [0.4, 0.5) is 10.5 Å². The highest BCUT2D eigenvalue weighted by molar-refractivity contribution is 5.67. The Bertz CT molecular complexity index is 615. The number of aromatic nitrogens is 2. The number of nitrogens with one attached hydrogen (secondary N) is 2. The largest absolute Gasteiger partial charge is 0.444 e. The maximum Gasteiger partial charge on any atom is 0.407 e. The predicted molar refractivity (Wildman–Crippen MR) is 90.9 cm³/mol. The fourth-order valence-corrected chi connectivity index (χ4v) is 2.02. The van der Waals surface area contributed by atoms with E-state index in [0.717, 1.165) is 11.4 Å². The van der Waals surface area contributed by atoms with Gasteiger partial charge in [-0.15, -0.1) is 0 Å². The van der Waals surface area contributed by atoms with E-state index in [1.807, 2.05) is 64.2 Å². The highest BCUT2D eigenvalue weighted by Crippen LogP contribution is 2.13. The van der Waals surface area contributed by atoms with Gasteiger partial charge in [0.1, 0.15) is 5.60 Å². The van der Waals surface area contributed by atoms with Crippen molar-refractivity contribution in [1.29, 1.82) is 0 Å². The summed E-state index contributed by atoms with van der Waals surface area (Å²) in [6, 6.07) is 9.92. The SMILES string of the molecule is CC(CNC(=O)OC(C)(C)C)Nc1ccc(-n2cccn2)cc1. The molecule has 2 aromatic rings. The topological polar surface area (TPSA) is 68.2 Å². The van der Waals surface area contributed by atoms with Crippen LogP contribution in [0.3, 0.4) is 0 Å². The number of amides is 1. The third-order valence-corrected chi connectivity index (χ3v) is 3.00. The first-order valence-electron chi connectivity index (χ1n) is 7.67. The van der Waals surface area contributed by atoms with Crippen LogP contribution in [0.15, 0.2) is 42.7 Å². The third kappa shape index (κ3) is 5.65. The number of anilines is 1. The minimum absolute atomic E-state index is 0.0815. The smallest absolute Gasteiger partial charge is 0.407 e. The molecule has 6 nitrogen and oxygen atoms in total. The van der Waals surface area contributed by atoms with E-state index in [0.29, 0.717) is 6.54 Å². The number of nitrogens with zero attached hydrogens (tertiary/aromatic N) is 2. The maximum absolute atomic E-state index is 11.6. The molecule has 2 rings (SSSR count). The molecule has 0 aliphatic carbocycles. The van der Waals surface area contributed by atoms with Gasteiger partial charge >= 0.3 is 6.09 Å². The number of rotatable bonds is 5. The van der Waals surface area contributed by atoms with Crippen molar-refractivity contribution in [2.24, 2.45) is 0 Å². The Hall–Kier alpha value is -2.50. The maximum atomic E-state index is 11.6. The van der Waals surface area contributed by atoms with Crippen LogP contribution in [0.5, 0.6) is 0 Å². The van der Waals surface area contributed by atoms with Gasteiger partial charge in [0.2, 0.25) is 0 Å². The van der Waals surface area contributed by atoms with Crippen LogP contribution < -0.4 is 10.6 Å². The molecule has 1 heterocycles. The molecule has 1 atom stereocenters. The van der Waals surface area contributed by atoms with Crippen molar-refractivity contribution in [2.45, 2.75) is 39.3 Å². The van der Waals surface area contributed by atoms with Crippen LogP contribution in [0.1, 0.15) is 27.7 Å². The zero-order chi connectivity index (χ0) is 16.9. The van der Waals surface area contributed by atoms with E-state index in [2.05, 4.69) is 15.7 Å². The number of carbonyl (C=O) groups is 1. The molecule has 0 saturated carbocycles. The zero-order valence-corrected chi connectivity index (χ0v) is 14.0. The van der Waals surface area contributed by atoms with Gasteiger partial charge in [0.05, 0.1) is 5.69 Å². The van der Waals surface area contributed by atoms with E-state index >= 15 is 0 Å². The lowest BCUT2D eigenvalue weighted by Gasteiger charge is -2.21. The van der Waals surface area contributed by atoms with E-state index in [-0.39, 0.29) is 6.04 Å². The van der Waals surface area contributed by atoms with Gasteiger partial charge in [-0.2, -0.15) is 5.10 Å². The molecule has 124 valence electrons. The van der Waals surface area contributed by atoms with Crippen molar-refractivity contribution in [2.75, 3.05) is 11.9 Å². The molecule has 0 bridgehead atoms. The van der Waals surface area contributed by atoms with Crippen LogP contribution in [0, 0.1) is 0 Å². The second-order valence-electron chi connectivity index (χ2n) is 6.43. The van der Waals surface area contributed by atoms with Crippen molar-refractivity contribution in [3.05, 3.63) is 42.7 Å². The number of hydrogen-bond acceptors (Lipinski definition) is 4. The normalized spacial score (nSPS) is 12.5. The summed E-state index contributed by atoms with van der Waals surface area (Å²) in [4.78, 5) is 11.6. The van der Waals surface area contributed by atoms with Crippen LogP contribution in [-0.4, -0.2) is 34.1 Å². The Morgan fingerprint density at radius 3 is 2.57 bits per heavy atom. The molecule has 23 heavy (non-hydrogen) atoms. The summed E-state index contributed by atoms with van der Waals surface area (Å²) in [7, 11) is 0. The number of carbonyl (C=O) groups excluding carboxylic acids is 1. The molecule has 0 aliphatic heterocycles. The highest BCUT2D eigenvalue weighted by atomic mass is 16.6. The summed E-state index contributed by atoms with van der Waals surface area (Å²) >= 11 is 0. The van der Waals surface area contributed by atoms with Crippen LogP contribution >= 0.6 is 0 Å². The van der Waals surface area contributed by atoms with Crippen molar-refractivity contribution in [3.8, 4) is 5.69 Å². The van der Waals surface area contributed by atoms with Crippen molar-refractivity contribution < 1.29 is 9.53 Å². The van der Waals surface area contributed by atoms with E-state index in [4.69, 9.17) is 4.74 Å². The number of alkyl carbamates (subject to hydrolysis) is 1. The molecule has 1 aromatic heterocycles. The minimum Gasteiger partial charge on any atom is -0.444 e. The quantitative estimate of drug-likeness (QED) is 0.889. The molecule has 2 N–H and O–H groups in total. The number of benzene rings is 1. The van der Waals surface area contributed by atoms with Crippen molar-refractivity contribution >= 4 is 11.8 Å². The standard InChI is InChI=1S/C17H24N4O2/c1-13(12-18-16(22)23-17(2,3)4)20-14-6-8-15(9-7-14)21-11-5-10-19-21/h5-11,13,20H,12H2,1-4H3,(H,18,22). The summed E-state index contributed by atoms with van der Waals surface area (Å²) < 4.78 is 7.01. The van der Waals surface area contributed by atoms with Crippen molar-refractivity contribution in [1.82, 2.24) is 15.1 Å². The fourth-order valence-electron chi connectivity index (χ4n) is 2.02. The van der Waals surface area contributed by atoms with Gasteiger partial charge in [-0.05, 0) is 58.0 Å². The van der Waals surface area contributed by atoms with E-state index in [1.54, 1.807) is 10.9 Å². The lowest BCUT2D eigenvalue weighted by atomic mass is 10.2. The Kier molecular flexibility index (Phi) is 5.26. The summed E-state index contributed by atoms with van der Waals surface area (Å²) in [6.45, 7) is 8.01. The average Bonchev–Trinajstić information content (AvgIpc) is 2.98. The van der Waals surface area contributed by atoms with Gasteiger partial charge in [0, 0.05) is 30.7 Å². The molecule has 6 heteroatoms. The molecule has 1 unspecified atom stereocenters. The summed E-state index contributed by atoms with van der Waals surface area (Å²) in [5.74, 6) is 0. The molecular formula is C17H24N4O2. The lowest BCUT2D eigenvalue weighted by molar-refractivity contribution is 0.0526. The zero-order valence-electron chi connectivity index (χ0n) is 14.0. The molecule has 0 saturated heterocycles. The molecule has 1 amide bonds. The molecule has 0 radical (unpaired) electrons. The summed E-state index contributed by atoms with van der Waals surface area (Å²) in [5.41, 5.74) is 1.50. The monoisotopic (exact) mass is 316 g/mol. The van der Waals surface area contributed by atoms with Gasteiger partial charge in [-0.1, -0.05) is 0 Å². The Balaban J connectivity index is 1.81. The first-order chi connectivity index (χ1) is 10.8. The molecular weight excluding hydrogens is 292 g/mol. The Labute approximate surface area is 136 Å². The minimum atomic E-state index is -0.483. The van der Waals surface area contributed by atoms with Gasteiger partial charge in [-0.25, -0.2) is 9.48 Å². The molecule has 0 fully saturated rings. The fraction of sp³-hybridized carbons (Fsp3) is 0.412. The molecule has 0 spiro atoms. The molecule has 1 aromatic carbocycles. The lowest BCUT2D eigenvalue weighted by Crippen LogP contribution is -2.38. The summed E-state index contributed by atoms with van der Waals surface area (Å²) in [6.07, 6.45) is 3.24. The average molecular weight is 316 g/mol. The second-order valence-corrected chi connectivity index (χ2v) is 6.43. The van der Waals surface area contributed by atoms with E-state index < -0.39 is 11.7 Å². The molecule has 0 aliphatic rings. The first-order valence-corrected chi connectivity index (χ1v) is 7.67. The van der Waals surface area contributed by atoms with Crippen LogP contribution in [0.25, 0.3) is 5.69 Å². The summed E-state index contributed by atoms with van der Waals surface area (Å²) in [5, 5.41) is 10.3. The van der Waals surface area contributed by atoms with Crippen LogP contribution in [-0.2, 0) is 4.74 Å². The Morgan fingerprint density at radius 2 is 2.00 bits per heavy atom. The number of hydrogen-bond donors (Lipinski definition) is 2. The van der Waals surface area contributed by atoms with Gasteiger partial charge < -0.3 is 15.4 Å². The first kappa shape index (κ1) is 16.9. The van der Waals surface area contributed by atoms with E-state index in [1.165, 1.54) is 0 Å². The Morgan fingerprint density at radius 1 is 1.30 bits per heavy atom. The van der Waals surface area contributed by atoms with Gasteiger partial charge in [0.15, 0.2) is 0 Å². The highest BCUT2D eigenvalue weighted by Gasteiger charge is 2.16.